The minimum absolute atomic E-state index is 0.237. The summed E-state index contributed by atoms with van der Waals surface area (Å²) in [5, 5.41) is 3.03. The summed E-state index contributed by atoms with van der Waals surface area (Å²) in [6.07, 6.45) is -3.93. The number of hydrogen-bond donors (Lipinski definition) is 1. The molecule has 0 saturated heterocycles. The van der Waals surface area contributed by atoms with Crippen molar-refractivity contribution in [2.75, 3.05) is 7.05 Å². The van der Waals surface area contributed by atoms with E-state index in [1.54, 1.807) is 18.2 Å². The Bertz CT molecular complexity index is 1300. The van der Waals surface area contributed by atoms with Gasteiger partial charge in [-0.3, -0.25) is 4.79 Å². The van der Waals surface area contributed by atoms with Gasteiger partial charge in [-0.2, -0.15) is 13.2 Å². The lowest BCUT2D eigenvalue weighted by Gasteiger charge is -2.13. The second kappa shape index (κ2) is 8.15. The number of amides is 1. The Morgan fingerprint density at radius 2 is 1.66 bits per heavy atom. The maximum absolute atomic E-state index is 13.4. The Balaban J connectivity index is 1.95. The Kier molecular flexibility index (Phi) is 5.50. The zero-order chi connectivity index (χ0) is 23.0. The molecule has 0 aliphatic rings. The summed E-state index contributed by atoms with van der Waals surface area (Å²) in [5.41, 5.74) is 2.14. The van der Waals surface area contributed by atoms with E-state index in [1.165, 1.54) is 37.4 Å². The van der Waals surface area contributed by atoms with Gasteiger partial charge in [-0.25, -0.2) is 4.39 Å². The molecule has 0 spiro atoms. The van der Waals surface area contributed by atoms with E-state index in [0.717, 1.165) is 17.7 Å². The number of halogens is 4. The summed E-state index contributed by atoms with van der Waals surface area (Å²) in [4.78, 5) is 12.7. The molecule has 1 aromatic heterocycles. The molecule has 1 N–H and O–H groups in total. The predicted octanol–water partition coefficient (Wildman–Crippen LogP) is 6.85. The van der Waals surface area contributed by atoms with Gasteiger partial charge < -0.3 is 9.73 Å². The molecule has 0 fully saturated rings. The van der Waals surface area contributed by atoms with Crippen molar-refractivity contribution in [3.8, 4) is 22.5 Å². The minimum Gasteiger partial charge on any atom is -0.455 e. The number of nitrogens with one attached hydrogen (secondary N) is 1. The van der Waals surface area contributed by atoms with E-state index in [0.29, 0.717) is 34.1 Å². The van der Waals surface area contributed by atoms with Crippen molar-refractivity contribution in [3.05, 3.63) is 83.2 Å². The molecule has 0 aliphatic heterocycles. The van der Waals surface area contributed by atoms with Gasteiger partial charge in [0.1, 0.15) is 17.2 Å². The SMILES string of the molecule is CCc1ccc(C(F)(F)F)cc1-c1ccc2oc(-c3ccc(F)cc3)c(C(=O)NC)c2c1. The summed E-state index contributed by atoms with van der Waals surface area (Å²) < 4.78 is 59.2. The van der Waals surface area contributed by atoms with Gasteiger partial charge in [0.05, 0.1) is 11.1 Å². The number of aryl methyl sites for hydroxylation is 1. The number of rotatable bonds is 4. The van der Waals surface area contributed by atoms with Crippen LogP contribution < -0.4 is 5.32 Å². The van der Waals surface area contributed by atoms with Gasteiger partial charge in [0.2, 0.25) is 0 Å². The zero-order valence-electron chi connectivity index (χ0n) is 17.3. The van der Waals surface area contributed by atoms with Crippen LogP contribution in [0.3, 0.4) is 0 Å². The summed E-state index contributed by atoms with van der Waals surface area (Å²) >= 11 is 0. The molecule has 4 rings (SSSR count). The summed E-state index contributed by atoms with van der Waals surface area (Å²) in [6, 6.07) is 14.2. The van der Waals surface area contributed by atoms with Crippen LogP contribution in [0.2, 0.25) is 0 Å². The van der Waals surface area contributed by atoms with E-state index in [2.05, 4.69) is 5.32 Å². The fourth-order valence-corrected chi connectivity index (χ4v) is 3.75. The highest BCUT2D eigenvalue weighted by Crippen LogP contribution is 2.38. The highest BCUT2D eigenvalue weighted by molar-refractivity contribution is 6.11. The van der Waals surface area contributed by atoms with E-state index in [1.807, 2.05) is 6.92 Å². The van der Waals surface area contributed by atoms with Crippen LogP contribution in [0.15, 0.2) is 65.1 Å². The maximum Gasteiger partial charge on any atom is 0.416 e. The number of benzene rings is 3. The molecule has 7 heteroatoms. The van der Waals surface area contributed by atoms with Gasteiger partial charge in [-0.1, -0.05) is 19.1 Å². The van der Waals surface area contributed by atoms with Gasteiger partial charge in [-0.05, 0) is 71.6 Å². The van der Waals surface area contributed by atoms with Crippen molar-refractivity contribution in [2.24, 2.45) is 0 Å². The predicted molar refractivity (Wildman–Crippen MR) is 115 cm³/mol. The average molecular weight is 441 g/mol. The number of hydrogen-bond acceptors (Lipinski definition) is 2. The molecule has 1 amide bonds. The van der Waals surface area contributed by atoms with Gasteiger partial charge in [0.15, 0.2) is 0 Å². The van der Waals surface area contributed by atoms with Gasteiger partial charge in [0, 0.05) is 18.0 Å². The lowest BCUT2D eigenvalue weighted by atomic mass is 9.94. The smallest absolute Gasteiger partial charge is 0.416 e. The van der Waals surface area contributed by atoms with E-state index < -0.39 is 23.5 Å². The van der Waals surface area contributed by atoms with E-state index >= 15 is 0 Å². The fraction of sp³-hybridized carbons (Fsp3) is 0.160. The Hall–Kier alpha value is -3.61. The first kappa shape index (κ1) is 21.6. The molecular formula is C25H19F4NO2. The molecule has 32 heavy (non-hydrogen) atoms. The van der Waals surface area contributed by atoms with Crippen LogP contribution in [0.4, 0.5) is 17.6 Å². The van der Waals surface area contributed by atoms with Crippen LogP contribution in [0.5, 0.6) is 0 Å². The second-order valence-electron chi connectivity index (χ2n) is 7.33. The molecule has 164 valence electrons. The average Bonchev–Trinajstić information content (AvgIpc) is 3.16. The normalized spacial score (nSPS) is 11.7. The lowest BCUT2D eigenvalue weighted by Crippen LogP contribution is -2.18. The molecule has 0 bridgehead atoms. The number of carbonyl (C=O) groups excluding carboxylic acids is 1. The molecule has 4 aromatic rings. The highest BCUT2D eigenvalue weighted by Gasteiger charge is 2.31. The number of alkyl halides is 3. The van der Waals surface area contributed by atoms with Gasteiger partial charge in [0.25, 0.3) is 5.91 Å². The summed E-state index contributed by atoms with van der Waals surface area (Å²) in [7, 11) is 1.47. The maximum atomic E-state index is 13.4. The molecular weight excluding hydrogens is 422 g/mol. The van der Waals surface area contributed by atoms with Gasteiger partial charge >= 0.3 is 6.18 Å². The Morgan fingerprint density at radius 3 is 2.28 bits per heavy atom. The van der Waals surface area contributed by atoms with Crippen molar-refractivity contribution in [1.29, 1.82) is 0 Å². The van der Waals surface area contributed by atoms with E-state index in [4.69, 9.17) is 4.42 Å². The second-order valence-corrected chi connectivity index (χ2v) is 7.33. The molecule has 1 heterocycles. The minimum atomic E-state index is -4.47. The standard InChI is InChI=1S/C25H19F4NO2/c1-3-14-4-8-17(25(27,28)29)13-19(14)16-7-11-21-20(12-16)22(24(31)30-2)23(32-21)15-5-9-18(26)10-6-15/h4-13H,3H2,1-2H3,(H,30,31). The van der Waals surface area contributed by atoms with Crippen LogP contribution in [0, 0.1) is 5.82 Å². The Labute approximate surface area is 181 Å². The van der Waals surface area contributed by atoms with Crippen LogP contribution in [-0.4, -0.2) is 13.0 Å². The van der Waals surface area contributed by atoms with Crippen molar-refractivity contribution < 1.29 is 26.8 Å². The monoisotopic (exact) mass is 441 g/mol. The molecule has 0 atom stereocenters. The first-order valence-corrected chi connectivity index (χ1v) is 9.98. The van der Waals surface area contributed by atoms with E-state index in [-0.39, 0.29) is 11.3 Å². The summed E-state index contributed by atoms with van der Waals surface area (Å²) in [6.45, 7) is 1.87. The Morgan fingerprint density at radius 1 is 0.969 bits per heavy atom. The molecule has 3 nitrogen and oxygen atoms in total. The quantitative estimate of drug-likeness (QED) is 0.352. The topological polar surface area (TPSA) is 42.2 Å². The molecule has 0 radical (unpaired) electrons. The third-order valence-electron chi connectivity index (χ3n) is 5.38. The van der Waals surface area contributed by atoms with Crippen LogP contribution in [-0.2, 0) is 12.6 Å². The molecule has 3 aromatic carbocycles. The fourth-order valence-electron chi connectivity index (χ4n) is 3.75. The lowest BCUT2D eigenvalue weighted by molar-refractivity contribution is -0.137. The first-order chi connectivity index (χ1) is 15.2. The van der Waals surface area contributed by atoms with Crippen molar-refractivity contribution >= 4 is 16.9 Å². The number of carbonyl (C=O) groups is 1. The third kappa shape index (κ3) is 3.86. The largest absolute Gasteiger partial charge is 0.455 e. The van der Waals surface area contributed by atoms with Crippen molar-refractivity contribution in [1.82, 2.24) is 5.32 Å². The van der Waals surface area contributed by atoms with Crippen molar-refractivity contribution in [3.63, 3.8) is 0 Å². The molecule has 0 aliphatic carbocycles. The summed E-state index contributed by atoms with van der Waals surface area (Å²) in [5.74, 6) is -0.582. The first-order valence-electron chi connectivity index (χ1n) is 9.98. The number of furan rings is 1. The van der Waals surface area contributed by atoms with Crippen molar-refractivity contribution in [2.45, 2.75) is 19.5 Å². The zero-order valence-corrected chi connectivity index (χ0v) is 17.3. The van der Waals surface area contributed by atoms with Crippen LogP contribution in [0.25, 0.3) is 33.4 Å². The van der Waals surface area contributed by atoms with E-state index in [9.17, 15) is 22.4 Å². The molecule has 0 unspecified atom stereocenters. The van der Waals surface area contributed by atoms with Crippen LogP contribution in [0.1, 0.15) is 28.4 Å². The van der Waals surface area contributed by atoms with Gasteiger partial charge in [-0.15, -0.1) is 0 Å². The van der Waals surface area contributed by atoms with Crippen LogP contribution >= 0.6 is 0 Å². The molecule has 0 saturated carbocycles. The number of fused-ring (bicyclic) bond motifs is 1. The highest BCUT2D eigenvalue weighted by atomic mass is 19.4. The third-order valence-corrected chi connectivity index (χ3v) is 5.38.